The van der Waals surface area contributed by atoms with Crippen LogP contribution in [0.15, 0.2) is 0 Å². The highest BCUT2D eigenvalue weighted by Gasteiger charge is 2.47. The third-order valence-corrected chi connectivity index (χ3v) is 4.44. The molecule has 0 amide bonds. The summed E-state index contributed by atoms with van der Waals surface area (Å²) in [5, 5.41) is 7.67. The van der Waals surface area contributed by atoms with Crippen LogP contribution in [0.4, 0.5) is 0 Å². The van der Waals surface area contributed by atoms with Crippen LogP contribution in [0.1, 0.15) is 29.8 Å². The SMILES string of the molecule is Cc1nnsc1CNC1CCC2CC21. The predicted octanol–water partition coefficient (Wildman–Crippen LogP) is 1.73. The number of fused-ring (bicyclic) bond motifs is 1. The summed E-state index contributed by atoms with van der Waals surface area (Å²) in [6.07, 6.45) is 4.29. The van der Waals surface area contributed by atoms with E-state index in [1.165, 1.54) is 35.7 Å². The maximum absolute atomic E-state index is 4.02. The average Bonchev–Trinajstić information content (AvgIpc) is 2.68. The zero-order valence-electron chi connectivity index (χ0n) is 8.36. The van der Waals surface area contributed by atoms with Crippen LogP contribution < -0.4 is 5.32 Å². The Labute approximate surface area is 88.1 Å². The van der Waals surface area contributed by atoms with Crippen LogP contribution in [-0.2, 0) is 6.54 Å². The van der Waals surface area contributed by atoms with E-state index in [-0.39, 0.29) is 0 Å². The fourth-order valence-corrected chi connectivity index (χ4v) is 3.18. The van der Waals surface area contributed by atoms with Crippen molar-refractivity contribution in [1.82, 2.24) is 14.9 Å². The van der Waals surface area contributed by atoms with Gasteiger partial charge in [0, 0.05) is 12.6 Å². The molecule has 76 valence electrons. The quantitative estimate of drug-likeness (QED) is 0.824. The van der Waals surface area contributed by atoms with E-state index in [1.807, 2.05) is 6.92 Å². The van der Waals surface area contributed by atoms with Gasteiger partial charge in [-0.05, 0) is 49.6 Å². The Kier molecular flexibility index (Phi) is 2.06. The normalized spacial score (nSPS) is 34.5. The Bertz CT molecular complexity index is 336. The van der Waals surface area contributed by atoms with Crippen molar-refractivity contribution >= 4 is 11.5 Å². The zero-order chi connectivity index (χ0) is 9.54. The van der Waals surface area contributed by atoms with Crippen molar-refractivity contribution in [3.63, 3.8) is 0 Å². The van der Waals surface area contributed by atoms with Gasteiger partial charge in [-0.3, -0.25) is 0 Å². The first kappa shape index (κ1) is 8.80. The molecule has 0 aliphatic heterocycles. The van der Waals surface area contributed by atoms with Crippen molar-refractivity contribution in [2.45, 2.75) is 38.8 Å². The second-order valence-electron chi connectivity index (χ2n) is 4.51. The number of hydrogen-bond acceptors (Lipinski definition) is 4. The lowest BCUT2D eigenvalue weighted by molar-refractivity contribution is 0.476. The molecule has 1 N–H and O–H groups in total. The molecule has 2 saturated carbocycles. The fourth-order valence-electron chi connectivity index (χ4n) is 2.59. The molecule has 3 atom stereocenters. The molecule has 0 aromatic carbocycles. The molecule has 2 aliphatic rings. The molecule has 1 aromatic rings. The van der Waals surface area contributed by atoms with Gasteiger partial charge in [0.1, 0.15) is 0 Å². The van der Waals surface area contributed by atoms with Crippen LogP contribution in [0.3, 0.4) is 0 Å². The van der Waals surface area contributed by atoms with Gasteiger partial charge in [-0.1, -0.05) is 4.49 Å². The van der Waals surface area contributed by atoms with Gasteiger partial charge in [0.15, 0.2) is 0 Å². The van der Waals surface area contributed by atoms with Gasteiger partial charge >= 0.3 is 0 Å². The molecule has 2 fully saturated rings. The summed E-state index contributed by atoms with van der Waals surface area (Å²) in [7, 11) is 0. The molecule has 0 bridgehead atoms. The second kappa shape index (κ2) is 3.28. The highest BCUT2D eigenvalue weighted by Crippen LogP contribution is 2.51. The van der Waals surface area contributed by atoms with Crippen molar-refractivity contribution in [3.8, 4) is 0 Å². The Balaban J connectivity index is 1.56. The molecular formula is C10H15N3S. The Morgan fingerprint density at radius 3 is 3.00 bits per heavy atom. The minimum Gasteiger partial charge on any atom is -0.309 e. The molecule has 3 unspecified atom stereocenters. The number of aryl methyl sites for hydroxylation is 1. The van der Waals surface area contributed by atoms with Crippen LogP contribution in [0.5, 0.6) is 0 Å². The van der Waals surface area contributed by atoms with Crippen molar-refractivity contribution in [3.05, 3.63) is 10.6 Å². The minimum absolute atomic E-state index is 0.779. The zero-order valence-corrected chi connectivity index (χ0v) is 9.18. The predicted molar refractivity (Wildman–Crippen MR) is 56.1 cm³/mol. The summed E-state index contributed by atoms with van der Waals surface area (Å²) in [6, 6.07) is 0.779. The van der Waals surface area contributed by atoms with Crippen molar-refractivity contribution < 1.29 is 0 Å². The smallest absolute Gasteiger partial charge is 0.0769 e. The van der Waals surface area contributed by atoms with Crippen LogP contribution in [0.2, 0.25) is 0 Å². The molecule has 1 heterocycles. The maximum atomic E-state index is 4.02. The van der Waals surface area contributed by atoms with E-state index in [4.69, 9.17) is 0 Å². The molecule has 0 saturated heterocycles. The molecule has 4 heteroatoms. The number of nitrogens with one attached hydrogen (secondary N) is 1. The summed E-state index contributed by atoms with van der Waals surface area (Å²) in [5.74, 6) is 2.06. The van der Waals surface area contributed by atoms with E-state index in [0.29, 0.717) is 0 Å². The summed E-state index contributed by atoms with van der Waals surface area (Å²) >= 11 is 1.52. The lowest BCUT2D eigenvalue weighted by Gasteiger charge is -2.12. The molecule has 1 aromatic heterocycles. The van der Waals surface area contributed by atoms with Gasteiger partial charge in [-0.2, -0.15) is 0 Å². The van der Waals surface area contributed by atoms with Crippen molar-refractivity contribution in [1.29, 1.82) is 0 Å². The van der Waals surface area contributed by atoms with Crippen LogP contribution in [-0.4, -0.2) is 15.6 Å². The summed E-state index contributed by atoms with van der Waals surface area (Å²) < 4.78 is 3.95. The van der Waals surface area contributed by atoms with Gasteiger partial charge in [0.05, 0.1) is 10.6 Å². The lowest BCUT2D eigenvalue weighted by atomic mass is 10.2. The Morgan fingerprint density at radius 1 is 1.50 bits per heavy atom. The van der Waals surface area contributed by atoms with E-state index in [9.17, 15) is 0 Å². The molecular weight excluding hydrogens is 194 g/mol. The Morgan fingerprint density at radius 2 is 2.43 bits per heavy atom. The van der Waals surface area contributed by atoms with E-state index in [0.717, 1.165) is 30.1 Å². The van der Waals surface area contributed by atoms with Gasteiger partial charge in [0.25, 0.3) is 0 Å². The van der Waals surface area contributed by atoms with Gasteiger partial charge in [0.2, 0.25) is 0 Å². The number of hydrogen-bond donors (Lipinski definition) is 1. The molecule has 2 aliphatic carbocycles. The standard InChI is InChI=1S/C10H15N3S/c1-6-10(14-13-12-6)5-11-9-3-2-7-4-8(7)9/h7-9,11H,2-5H2,1H3. The first-order valence-electron chi connectivity index (χ1n) is 5.36. The summed E-state index contributed by atoms with van der Waals surface area (Å²) in [4.78, 5) is 1.30. The summed E-state index contributed by atoms with van der Waals surface area (Å²) in [5.41, 5.74) is 1.09. The minimum atomic E-state index is 0.779. The van der Waals surface area contributed by atoms with E-state index in [2.05, 4.69) is 14.9 Å². The third-order valence-electron chi connectivity index (χ3n) is 3.61. The maximum Gasteiger partial charge on any atom is 0.0769 e. The monoisotopic (exact) mass is 209 g/mol. The molecule has 3 rings (SSSR count). The molecule has 0 spiro atoms. The Hall–Kier alpha value is -0.480. The first-order chi connectivity index (χ1) is 6.84. The first-order valence-corrected chi connectivity index (χ1v) is 6.13. The molecule has 3 nitrogen and oxygen atoms in total. The van der Waals surface area contributed by atoms with Crippen molar-refractivity contribution in [2.24, 2.45) is 11.8 Å². The third kappa shape index (κ3) is 1.46. The van der Waals surface area contributed by atoms with Crippen LogP contribution in [0, 0.1) is 18.8 Å². The number of aromatic nitrogens is 2. The molecule has 14 heavy (non-hydrogen) atoms. The van der Waals surface area contributed by atoms with Crippen molar-refractivity contribution in [2.75, 3.05) is 0 Å². The number of rotatable bonds is 3. The summed E-state index contributed by atoms with van der Waals surface area (Å²) in [6.45, 7) is 3.01. The fraction of sp³-hybridized carbons (Fsp3) is 0.800. The number of nitrogens with zero attached hydrogens (tertiary/aromatic N) is 2. The van der Waals surface area contributed by atoms with Crippen LogP contribution >= 0.6 is 11.5 Å². The van der Waals surface area contributed by atoms with Crippen LogP contribution in [0.25, 0.3) is 0 Å². The second-order valence-corrected chi connectivity index (χ2v) is 5.34. The highest BCUT2D eigenvalue weighted by atomic mass is 32.1. The highest BCUT2D eigenvalue weighted by molar-refractivity contribution is 7.05. The lowest BCUT2D eigenvalue weighted by Crippen LogP contribution is -2.28. The topological polar surface area (TPSA) is 37.8 Å². The average molecular weight is 209 g/mol. The van der Waals surface area contributed by atoms with Gasteiger partial charge < -0.3 is 5.32 Å². The largest absolute Gasteiger partial charge is 0.309 e. The van der Waals surface area contributed by atoms with Gasteiger partial charge in [-0.15, -0.1) is 5.10 Å². The van der Waals surface area contributed by atoms with Gasteiger partial charge in [-0.25, -0.2) is 0 Å². The van der Waals surface area contributed by atoms with E-state index >= 15 is 0 Å². The van der Waals surface area contributed by atoms with E-state index in [1.54, 1.807) is 0 Å². The molecule has 0 radical (unpaired) electrons. The van der Waals surface area contributed by atoms with E-state index < -0.39 is 0 Å².